The van der Waals surface area contributed by atoms with Gasteiger partial charge >= 0.3 is 6.03 Å². The molecular formula is C26H29FN6O3. The fraction of sp³-hybridized carbons (Fsp3) is 0.269. The minimum Gasteiger partial charge on any atom is -0.391 e. The molecule has 0 radical (unpaired) electrons. The molecule has 2 heterocycles. The van der Waals surface area contributed by atoms with Gasteiger partial charge in [0, 0.05) is 41.4 Å². The third kappa shape index (κ3) is 6.47. The lowest BCUT2D eigenvalue weighted by molar-refractivity contribution is -0.108. The highest BCUT2D eigenvalue weighted by atomic mass is 19.1. The first kappa shape index (κ1) is 26.4. The van der Waals surface area contributed by atoms with Crippen LogP contribution in [0.1, 0.15) is 29.4 Å². The molecule has 9 nitrogen and oxygen atoms in total. The molecular weight excluding hydrogens is 463 g/mol. The highest BCUT2D eigenvalue weighted by Crippen LogP contribution is 2.38. The van der Waals surface area contributed by atoms with E-state index >= 15 is 4.39 Å². The average molecular weight is 493 g/mol. The van der Waals surface area contributed by atoms with E-state index in [-0.39, 0.29) is 18.3 Å². The van der Waals surface area contributed by atoms with Crippen LogP contribution < -0.4 is 16.0 Å². The number of rotatable bonds is 6. The molecule has 0 aliphatic carbocycles. The molecule has 188 valence electrons. The Morgan fingerprint density at radius 3 is 2.56 bits per heavy atom. The fourth-order valence-corrected chi connectivity index (χ4v) is 4.11. The molecule has 4 N–H and O–H groups in total. The summed E-state index contributed by atoms with van der Waals surface area (Å²) in [4.78, 5) is 27.1. The van der Waals surface area contributed by atoms with Crippen molar-refractivity contribution in [2.75, 3.05) is 25.5 Å². The molecule has 1 fully saturated rings. The lowest BCUT2D eigenvalue weighted by Crippen LogP contribution is -2.27. The normalized spacial score (nSPS) is 16.7. The highest BCUT2D eigenvalue weighted by Gasteiger charge is 2.34. The number of hydrogen-bond donors (Lipinski definition) is 3. The van der Waals surface area contributed by atoms with Crippen molar-refractivity contribution in [2.24, 2.45) is 5.73 Å². The highest BCUT2D eigenvalue weighted by molar-refractivity contribution is 5.82. The van der Waals surface area contributed by atoms with E-state index in [9.17, 15) is 14.7 Å². The maximum absolute atomic E-state index is 15.2. The van der Waals surface area contributed by atoms with Gasteiger partial charge in [-0.1, -0.05) is 12.0 Å². The van der Waals surface area contributed by atoms with Crippen LogP contribution in [0.25, 0.3) is 5.69 Å². The lowest BCUT2D eigenvalue weighted by atomic mass is 10.0. The Morgan fingerprint density at radius 2 is 2.00 bits per heavy atom. The molecule has 1 aliphatic heterocycles. The SMILES string of the molecule is C#Cc1ccc(N2C[C@H](O)C[C@@H]2c2ccc(-n3ccnc3CN(C)C)cc2F)cc1.NC(=O)NC=O. The Hall–Kier alpha value is -4.20. The molecule has 1 aliphatic rings. The summed E-state index contributed by atoms with van der Waals surface area (Å²) in [7, 11) is 3.94. The number of carbonyl (C=O) groups excluding carboxylic acids is 2. The molecule has 36 heavy (non-hydrogen) atoms. The molecule has 1 saturated heterocycles. The molecule has 1 aromatic heterocycles. The first-order valence-corrected chi connectivity index (χ1v) is 11.2. The van der Waals surface area contributed by atoms with Crippen molar-refractivity contribution in [3.05, 3.63) is 77.6 Å². The van der Waals surface area contributed by atoms with Crippen molar-refractivity contribution in [3.63, 3.8) is 0 Å². The Labute approximate surface area is 209 Å². The van der Waals surface area contributed by atoms with E-state index in [4.69, 9.17) is 6.42 Å². The van der Waals surface area contributed by atoms with Crippen molar-refractivity contribution in [3.8, 4) is 18.0 Å². The van der Waals surface area contributed by atoms with Crippen LogP contribution in [0, 0.1) is 18.2 Å². The van der Waals surface area contributed by atoms with Crippen LogP contribution in [0.5, 0.6) is 0 Å². The number of amides is 3. The topological polar surface area (TPSA) is 117 Å². The largest absolute Gasteiger partial charge is 0.391 e. The van der Waals surface area contributed by atoms with Crippen molar-refractivity contribution in [1.29, 1.82) is 0 Å². The van der Waals surface area contributed by atoms with Gasteiger partial charge < -0.3 is 25.2 Å². The van der Waals surface area contributed by atoms with Gasteiger partial charge in [-0.3, -0.25) is 10.1 Å². The number of aliphatic hydroxyl groups excluding tert-OH is 1. The summed E-state index contributed by atoms with van der Waals surface area (Å²) in [6, 6.07) is 11.8. The summed E-state index contributed by atoms with van der Waals surface area (Å²) in [6.07, 6.45) is 9.19. The van der Waals surface area contributed by atoms with Gasteiger partial charge in [-0.2, -0.15) is 0 Å². The van der Waals surface area contributed by atoms with Crippen LogP contribution in [0.15, 0.2) is 54.9 Å². The zero-order chi connectivity index (χ0) is 26.2. The maximum atomic E-state index is 15.2. The van der Waals surface area contributed by atoms with E-state index in [0.717, 1.165) is 22.8 Å². The predicted octanol–water partition coefficient (Wildman–Crippen LogP) is 2.18. The number of halogens is 1. The van der Waals surface area contributed by atoms with Crippen LogP contribution in [-0.2, 0) is 11.3 Å². The molecule has 0 unspecified atom stereocenters. The van der Waals surface area contributed by atoms with Gasteiger partial charge in [0.2, 0.25) is 6.41 Å². The van der Waals surface area contributed by atoms with E-state index in [1.165, 1.54) is 0 Å². The smallest absolute Gasteiger partial charge is 0.318 e. The summed E-state index contributed by atoms with van der Waals surface area (Å²) < 4.78 is 17.1. The zero-order valence-corrected chi connectivity index (χ0v) is 20.1. The number of imidazole rings is 1. The fourth-order valence-electron chi connectivity index (χ4n) is 4.11. The monoisotopic (exact) mass is 492 g/mol. The molecule has 3 aromatic rings. The Balaban J connectivity index is 0.000000538. The van der Waals surface area contributed by atoms with E-state index in [1.807, 2.05) is 71.1 Å². The first-order valence-electron chi connectivity index (χ1n) is 11.2. The summed E-state index contributed by atoms with van der Waals surface area (Å²) in [6.45, 7) is 1.11. The summed E-state index contributed by atoms with van der Waals surface area (Å²) in [5.74, 6) is 3.16. The van der Waals surface area contributed by atoms with Gasteiger partial charge in [-0.25, -0.2) is 14.2 Å². The third-order valence-corrected chi connectivity index (χ3v) is 5.64. The number of benzene rings is 2. The Kier molecular flexibility index (Phi) is 8.78. The van der Waals surface area contributed by atoms with Crippen LogP contribution >= 0.6 is 0 Å². The molecule has 2 aromatic carbocycles. The molecule has 3 amide bonds. The summed E-state index contributed by atoms with van der Waals surface area (Å²) in [5, 5.41) is 12.0. The van der Waals surface area contributed by atoms with Crippen LogP contribution in [0.2, 0.25) is 0 Å². The molecule has 10 heteroatoms. The number of terminal acetylenes is 1. The van der Waals surface area contributed by atoms with E-state index < -0.39 is 12.1 Å². The number of carbonyl (C=O) groups is 2. The second kappa shape index (κ2) is 12.0. The summed E-state index contributed by atoms with van der Waals surface area (Å²) in [5.41, 5.74) is 7.44. The van der Waals surface area contributed by atoms with Crippen molar-refractivity contribution in [1.82, 2.24) is 19.8 Å². The van der Waals surface area contributed by atoms with Crippen molar-refractivity contribution >= 4 is 18.1 Å². The number of aliphatic hydroxyl groups is 1. The average Bonchev–Trinajstić information content (AvgIpc) is 3.45. The number of β-amino-alcohol motifs (C(OH)–C–C–N with tert-alkyl or cyclic N) is 1. The number of anilines is 1. The number of nitrogens with one attached hydrogen (secondary N) is 1. The number of primary amides is 1. The predicted molar refractivity (Wildman–Crippen MR) is 135 cm³/mol. The van der Waals surface area contributed by atoms with Gasteiger partial charge in [0.25, 0.3) is 0 Å². The van der Waals surface area contributed by atoms with Gasteiger partial charge in [-0.15, -0.1) is 6.42 Å². The standard InChI is InChI=1S/C24H25FN4O.C2H4N2O2/c1-4-17-5-7-18(8-6-17)29-15-20(30)14-23(29)21-10-9-19(13-22(21)25)28-12-11-26-24(28)16-27(2)3;3-2(6)4-1-5/h1,5-13,20,23,30H,14-16H2,2-3H3;1H,(H3,3,4,5,6)/t20-,23-;/m1./s1. The third-order valence-electron chi connectivity index (χ3n) is 5.64. The second-order valence-electron chi connectivity index (χ2n) is 8.53. The number of hydrogen-bond acceptors (Lipinski definition) is 6. The molecule has 4 rings (SSSR count). The minimum atomic E-state index is -0.829. The van der Waals surface area contributed by atoms with Crippen LogP contribution in [0.4, 0.5) is 14.9 Å². The molecule has 2 atom stereocenters. The Bertz CT molecular complexity index is 1240. The van der Waals surface area contributed by atoms with E-state index in [1.54, 1.807) is 17.6 Å². The minimum absolute atomic E-state index is 0.225. The lowest BCUT2D eigenvalue weighted by Gasteiger charge is -2.27. The first-order chi connectivity index (χ1) is 17.2. The molecule has 0 saturated carbocycles. The second-order valence-corrected chi connectivity index (χ2v) is 8.53. The maximum Gasteiger partial charge on any atom is 0.318 e. The number of aromatic nitrogens is 2. The molecule has 0 spiro atoms. The van der Waals surface area contributed by atoms with Crippen LogP contribution in [-0.4, -0.2) is 58.7 Å². The zero-order valence-electron chi connectivity index (χ0n) is 20.1. The number of urea groups is 1. The molecule has 0 bridgehead atoms. The number of nitrogens with zero attached hydrogens (tertiary/aromatic N) is 4. The van der Waals surface area contributed by atoms with Crippen LogP contribution in [0.3, 0.4) is 0 Å². The number of nitrogens with two attached hydrogens (primary N) is 1. The van der Waals surface area contributed by atoms with Crippen molar-refractivity contribution < 1.29 is 19.1 Å². The number of imide groups is 1. The van der Waals surface area contributed by atoms with E-state index in [0.29, 0.717) is 25.1 Å². The van der Waals surface area contributed by atoms with Gasteiger partial charge in [0.1, 0.15) is 11.6 Å². The Morgan fingerprint density at radius 1 is 1.31 bits per heavy atom. The summed E-state index contributed by atoms with van der Waals surface area (Å²) >= 11 is 0. The van der Waals surface area contributed by atoms with Gasteiger partial charge in [0.15, 0.2) is 0 Å². The quantitative estimate of drug-likeness (QED) is 0.359. The van der Waals surface area contributed by atoms with Crippen molar-refractivity contribution in [2.45, 2.75) is 25.1 Å². The van der Waals surface area contributed by atoms with Gasteiger partial charge in [0.05, 0.1) is 18.7 Å². The van der Waals surface area contributed by atoms with Gasteiger partial charge in [-0.05, 0) is 56.9 Å². The van der Waals surface area contributed by atoms with E-state index in [2.05, 4.69) is 16.6 Å².